The second-order valence-electron chi connectivity index (χ2n) is 6.00. The number of nitrogens with one attached hydrogen (secondary N) is 1. The summed E-state index contributed by atoms with van der Waals surface area (Å²) in [6.45, 7) is 11.6. The van der Waals surface area contributed by atoms with Crippen molar-refractivity contribution in [3.8, 4) is 11.5 Å². The van der Waals surface area contributed by atoms with Crippen molar-refractivity contribution in [3.05, 3.63) is 27.8 Å². The zero-order valence-electron chi connectivity index (χ0n) is 12.8. The Balaban J connectivity index is 2.15. The van der Waals surface area contributed by atoms with E-state index in [2.05, 4.69) is 54.9 Å². The molecule has 0 saturated carbocycles. The lowest BCUT2D eigenvalue weighted by atomic mass is 10.1. The van der Waals surface area contributed by atoms with Crippen molar-refractivity contribution in [3.63, 3.8) is 0 Å². The molecule has 5 heteroatoms. The van der Waals surface area contributed by atoms with Crippen molar-refractivity contribution in [1.82, 2.24) is 20.3 Å². The van der Waals surface area contributed by atoms with Crippen LogP contribution in [-0.4, -0.2) is 27.0 Å². The number of nitrogens with zero attached hydrogens (tertiary/aromatic N) is 3. The predicted octanol–water partition coefficient (Wildman–Crippen LogP) is 3.15. The Hall–Kier alpha value is -1.33. The van der Waals surface area contributed by atoms with Crippen molar-refractivity contribution in [2.24, 2.45) is 0 Å². The number of aryl methyl sites for hydroxylation is 2. The van der Waals surface area contributed by atoms with Crippen molar-refractivity contribution >= 4 is 11.3 Å². The highest BCUT2D eigenvalue weighted by atomic mass is 32.1. The summed E-state index contributed by atoms with van der Waals surface area (Å²) in [5.74, 6) is 0.730. The van der Waals surface area contributed by atoms with Gasteiger partial charge in [-0.25, -0.2) is 15.0 Å². The van der Waals surface area contributed by atoms with Crippen LogP contribution in [0.2, 0.25) is 0 Å². The highest BCUT2D eigenvalue weighted by Gasteiger charge is 2.13. The second-order valence-corrected chi connectivity index (χ2v) is 6.72. The molecule has 2 aromatic heterocycles. The van der Waals surface area contributed by atoms with E-state index in [1.165, 1.54) is 5.56 Å². The lowest BCUT2D eigenvalue weighted by Gasteiger charge is -2.21. The lowest BCUT2D eigenvalue weighted by Crippen LogP contribution is -2.37. The summed E-state index contributed by atoms with van der Waals surface area (Å²) in [6, 6.07) is 0. The Bertz CT molecular complexity index is 547. The second kappa shape index (κ2) is 5.97. The zero-order chi connectivity index (χ0) is 14.8. The smallest absolute Gasteiger partial charge is 0.179 e. The van der Waals surface area contributed by atoms with Gasteiger partial charge in [-0.15, -0.1) is 11.3 Å². The first kappa shape index (κ1) is 15.1. The predicted molar refractivity (Wildman–Crippen MR) is 84.1 cm³/mol. The maximum atomic E-state index is 4.60. The van der Waals surface area contributed by atoms with Gasteiger partial charge in [-0.1, -0.05) is 0 Å². The van der Waals surface area contributed by atoms with Gasteiger partial charge in [0, 0.05) is 22.3 Å². The Morgan fingerprint density at radius 1 is 1.15 bits per heavy atom. The molecule has 0 amide bonds. The molecule has 0 saturated heterocycles. The molecule has 0 aromatic carbocycles. The van der Waals surface area contributed by atoms with Crippen LogP contribution in [0.15, 0.2) is 10.9 Å². The van der Waals surface area contributed by atoms with E-state index in [0.717, 1.165) is 35.9 Å². The van der Waals surface area contributed by atoms with Crippen LogP contribution in [-0.2, 0) is 6.42 Å². The fourth-order valence-corrected chi connectivity index (χ4v) is 2.63. The third kappa shape index (κ3) is 3.84. The fraction of sp³-hybridized carbons (Fsp3) is 0.533. The minimum absolute atomic E-state index is 0.142. The van der Waals surface area contributed by atoms with Crippen molar-refractivity contribution in [1.29, 1.82) is 0 Å². The van der Waals surface area contributed by atoms with E-state index in [-0.39, 0.29) is 5.54 Å². The monoisotopic (exact) mass is 290 g/mol. The average Bonchev–Trinajstić information content (AvgIpc) is 2.84. The van der Waals surface area contributed by atoms with Crippen LogP contribution < -0.4 is 5.32 Å². The molecule has 0 atom stereocenters. The number of aromatic nitrogens is 3. The summed E-state index contributed by atoms with van der Waals surface area (Å²) in [5, 5.41) is 5.48. The summed E-state index contributed by atoms with van der Waals surface area (Å²) >= 11 is 1.57. The third-order valence-electron chi connectivity index (χ3n) is 3.11. The summed E-state index contributed by atoms with van der Waals surface area (Å²) in [6.07, 6.45) is 0.951. The molecule has 2 aromatic rings. The molecular formula is C15H22N4S. The van der Waals surface area contributed by atoms with Gasteiger partial charge in [0.15, 0.2) is 5.82 Å². The van der Waals surface area contributed by atoms with Gasteiger partial charge in [-0.3, -0.25) is 0 Å². The standard InChI is InChI=1S/C15H22N4S/c1-10-12(6-7-17-15(3,4)5)11(2)19-14(18-10)13-8-20-9-16-13/h8-9,17H,6-7H2,1-5H3. The molecule has 0 radical (unpaired) electrons. The van der Waals surface area contributed by atoms with Crippen LogP contribution in [0.25, 0.3) is 11.5 Å². The van der Waals surface area contributed by atoms with E-state index in [4.69, 9.17) is 0 Å². The van der Waals surface area contributed by atoms with Gasteiger partial charge in [0.05, 0.1) is 5.51 Å². The van der Waals surface area contributed by atoms with Crippen LogP contribution in [0.5, 0.6) is 0 Å². The highest BCUT2D eigenvalue weighted by Crippen LogP contribution is 2.19. The highest BCUT2D eigenvalue weighted by molar-refractivity contribution is 7.07. The van der Waals surface area contributed by atoms with Gasteiger partial charge >= 0.3 is 0 Å². The first-order chi connectivity index (χ1) is 9.37. The molecule has 0 aliphatic carbocycles. The van der Waals surface area contributed by atoms with Crippen LogP contribution in [0.4, 0.5) is 0 Å². The number of hydrogen-bond acceptors (Lipinski definition) is 5. The fourth-order valence-electron chi connectivity index (χ4n) is 2.10. The molecule has 0 aliphatic rings. The molecule has 20 heavy (non-hydrogen) atoms. The molecule has 108 valence electrons. The maximum absolute atomic E-state index is 4.60. The number of hydrogen-bond donors (Lipinski definition) is 1. The SMILES string of the molecule is Cc1nc(-c2cscn2)nc(C)c1CCNC(C)(C)C. The van der Waals surface area contributed by atoms with Gasteiger partial charge in [0.2, 0.25) is 0 Å². The summed E-state index contributed by atoms with van der Waals surface area (Å²) < 4.78 is 0. The van der Waals surface area contributed by atoms with Crippen LogP contribution in [0.1, 0.15) is 37.7 Å². The van der Waals surface area contributed by atoms with Crippen molar-refractivity contribution in [2.75, 3.05) is 6.54 Å². The van der Waals surface area contributed by atoms with Crippen LogP contribution in [0.3, 0.4) is 0 Å². The molecule has 1 N–H and O–H groups in total. The molecular weight excluding hydrogens is 268 g/mol. The van der Waals surface area contributed by atoms with Gasteiger partial charge in [-0.05, 0) is 53.1 Å². The Morgan fingerprint density at radius 3 is 2.30 bits per heavy atom. The minimum atomic E-state index is 0.142. The Labute approximate surface area is 124 Å². The molecule has 0 aliphatic heterocycles. The topological polar surface area (TPSA) is 50.7 Å². The normalized spacial score (nSPS) is 11.8. The largest absolute Gasteiger partial charge is 0.312 e. The van der Waals surface area contributed by atoms with E-state index in [1.54, 1.807) is 11.3 Å². The van der Waals surface area contributed by atoms with Crippen LogP contribution >= 0.6 is 11.3 Å². The van der Waals surface area contributed by atoms with Gasteiger partial charge in [0.1, 0.15) is 5.69 Å². The van der Waals surface area contributed by atoms with Gasteiger partial charge in [0.25, 0.3) is 0 Å². The number of rotatable bonds is 4. The molecule has 0 unspecified atom stereocenters. The summed E-state index contributed by atoms with van der Waals surface area (Å²) in [5.41, 5.74) is 6.15. The third-order valence-corrected chi connectivity index (χ3v) is 3.70. The molecule has 0 fully saturated rings. The lowest BCUT2D eigenvalue weighted by molar-refractivity contribution is 0.429. The Kier molecular flexibility index (Phi) is 4.50. The van der Waals surface area contributed by atoms with Gasteiger partial charge < -0.3 is 5.32 Å². The average molecular weight is 290 g/mol. The molecule has 2 heterocycles. The molecule has 0 spiro atoms. The summed E-state index contributed by atoms with van der Waals surface area (Å²) in [7, 11) is 0. The Morgan fingerprint density at radius 2 is 1.80 bits per heavy atom. The van der Waals surface area contributed by atoms with Crippen LogP contribution in [0, 0.1) is 13.8 Å². The van der Waals surface area contributed by atoms with Crippen molar-refractivity contribution in [2.45, 2.75) is 46.6 Å². The first-order valence-corrected chi connectivity index (χ1v) is 7.79. The van der Waals surface area contributed by atoms with E-state index in [1.807, 2.05) is 10.9 Å². The van der Waals surface area contributed by atoms with E-state index >= 15 is 0 Å². The van der Waals surface area contributed by atoms with Crippen molar-refractivity contribution < 1.29 is 0 Å². The van der Waals surface area contributed by atoms with E-state index in [9.17, 15) is 0 Å². The molecule has 2 rings (SSSR count). The van der Waals surface area contributed by atoms with E-state index in [0.29, 0.717) is 0 Å². The van der Waals surface area contributed by atoms with Gasteiger partial charge in [-0.2, -0.15) is 0 Å². The molecule has 4 nitrogen and oxygen atoms in total. The zero-order valence-corrected chi connectivity index (χ0v) is 13.6. The quantitative estimate of drug-likeness (QED) is 0.940. The van der Waals surface area contributed by atoms with E-state index < -0.39 is 0 Å². The molecule has 0 bridgehead atoms. The minimum Gasteiger partial charge on any atom is -0.312 e. The number of thiazole rings is 1. The summed E-state index contributed by atoms with van der Waals surface area (Å²) in [4.78, 5) is 13.5. The maximum Gasteiger partial charge on any atom is 0.179 e. The first-order valence-electron chi connectivity index (χ1n) is 6.84.